The molecule has 0 bridgehead atoms. The van der Waals surface area contributed by atoms with Crippen molar-refractivity contribution in [1.82, 2.24) is 9.97 Å². The lowest BCUT2D eigenvalue weighted by Crippen LogP contribution is -2.08. The van der Waals surface area contributed by atoms with Gasteiger partial charge in [-0.3, -0.25) is 0 Å². The third-order valence-corrected chi connectivity index (χ3v) is 4.28. The standard InChI is InChI=1S/C18H22N4O2/c1-23-14-7-13(8-15(9-14)24-2)19-17-10-16(11-3-4-11)21-18(22-17)20-12-5-6-12/h7-12H,3-6H2,1-2H3,(H2,19,20,21,22). The van der Waals surface area contributed by atoms with Gasteiger partial charge in [0.15, 0.2) is 0 Å². The summed E-state index contributed by atoms with van der Waals surface area (Å²) in [7, 11) is 3.29. The van der Waals surface area contributed by atoms with Gasteiger partial charge in [-0.1, -0.05) is 0 Å². The Kier molecular flexibility index (Phi) is 3.88. The monoisotopic (exact) mass is 326 g/mol. The zero-order valence-electron chi connectivity index (χ0n) is 14.0. The highest BCUT2D eigenvalue weighted by Crippen LogP contribution is 2.40. The van der Waals surface area contributed by atoms with Crippen LogP contribution in [0.5, 0.6) is 11.5 Å². The topological polar surface area (TPSA) is 68.3 Å². The number of hydrogen-bond acceptors (Lipinski definition) is 6. The van der Waals surface area contributed by atoms with Gasteiger partial charge in [0, 0.05) is 41.9 Å². The predicted octanol–water partition coefficient (Wildman–Crippen LogP) is 3.69. The predicted molar refractivity (Wildman–Crippen MR) is 93.5 cm³/mol. The van der Waals surface area contributed by atoms with Crippen molar-refractivity contribution in [2.24, 2.45) is 0 Å². The lowest BCUT2D eigenvalue weighted by Gasteiger charge is -2.12. The molecule has 6 nitrogen and oxygen atoms in total. The quantitative estimate of drug-likeness (QED) is 0.809. The molecule has 1 aromatic carbocycles. The smallest absolute Gasteiger partial charge is 0.225 e. The van der Waals surface area contributed by atoms with E-state index in [9.17, 15) is 0 Å². The molecule has 2 aliphatic carbocycles. The molecule has 0 aliphatic heterocycles. The van der Waals surface area contributed by atoms with Gasteiger partial charge < -0.3 is 20.1 Å². The first kappa shape index (κ1) is 15.1. The van der Waals surface area contributed by atoms with Gasteiger partial charge in [0.2, 0.25) is 5.95 Å². The van der Waals surface area contributed by atoms with Crippen LogP contribution >= 0.6 is 0 Å². The first-order valence-corrected chi connectivity index (χ1v) is 8.39. The molecule has 2 saturated carbocycles. The summed E-state index contributed by atoms with van der Waals surface area (Å²) in [6, 6.07) is 8.28. The van der Waals surface area contributed by atoms with Crippen molar-refractivity contribution in [3.63, 3.8) is 0 Å². The van der Waals surface area contributed by atoms with Crippen LogP contribution in [0.2, 0.25) is 0 Å². The number of rotatable bonds is 7. The molecule has 2 fully saturated rings. The molecule has 1 heterocycles. The van der Waals surface area contributed by atoms with Crippen LogP contribution in [0.3, 0.4) is 0 Å². The molecule has 6 heteroatoms. The molecule has 0 radical (unpaired) electrons. The number of methoxy groups -OCH3 is 2. The second kappa shape index (κ2) is 6.19. The molecule has 2 N–H and O–H groups in total. The maximum atomic E-state index is 5.33. The van der Waals surface area contributed by atoms with E-state index in [1.165, 1.54) is 25.7 Å². The minimum atomic E-state index is 0.532. The molecule has 126 valence electrons. The minimum absolute atomic E-state index is 0.532. The summed E-state index contributed by atoms with van der Waals surface area (Å²) in [5.74, 6) is 3.58. The Morgan fingerprint density at radius 2 is 1.62 bits per heavy atom. The van der Waals surface area contributed by atoms with E-state index < -0.39 is 0 Å². The molecular formula is C18H22N4O2. The number of benzene rings is 1. The molecule has 1 aromatic heterocycles. The summed E-state index contributed by atoms with van der Waals surface area (Å²) in [6.45, 7) is 0. The fraction of sp³-hybridized carbons (Fsp3) is 0.444. The highest BCUT2D eigenvalue weighted by Gasteiger charge is 2.28. The second-order valence-corrected chi connectivity index (χ2v) is 6.42. The number of aromatic nitrogens is 2. The molecule has 0 atom stereocenters. The maximum Gasteiger partial charge on any atom is 0.225 e. The van der Waals surface area contributed by atoms with Gasteiger partial charge in [-0.2, -0.15) is 4.98 Å². The molecule has 0 saturated heterocycles. The van der Waals surface area contributed by atoms with E-state index >= 15 is 0 Å². The Bertz CT molecular complexity index is 720. The van der Waals surface area contributed by atoms with E-state index in [1.54, 1.807) is 14.2 Å². The van der Waals surface area contributed by atoms with Crippen LogP contribution in [0.4, 0.5) is 17.5 Å². The highest BCUT2D eigenvalue weighted by atomic mass is 16.5. The van der Waals surface area contributed by atoms with Crippen molar-refractivity contribution >= 4 is 17.5 Å². The zero-order chi connectivity index (χ0) is 16.5. The van der Waals surface area contributed by atoms with Crippen LogP contribution in [0.1, 0.15) is 37.3 Å². The van der Waals surface area contributed by atoms with Gasteiger partial charge in [-0.15, -0.1) is 0 Å². The van der Waals surface area contributed by atoms with E-state index in [-0.39, 0.29) is 0 Å². The van der Waals surface area contributed by atoms with E-state index in [1.807, 2.05) is 24.3 Å². The van der Waals surface area contributed by atoms with Crippen molar-refractivity contribution in [2.45, 2.75) is 37.6 Å². The van der Waals surface area contributed by atoms with Crippen LogP contribution in [-0.2, 0) is 0 Å². The van der Waals surface area contributed by atoms with Crippen molar-refractivity contribution < 1.29 is 9.47 Å². The number of nitrogens with zero attached hydrogens (tertiary/aromatic N) is 2. The van der Waals surface area contributed by atoms with E-state index in [2.05, 4.69) is 20.6 Å². The van der Waals surface area contributed by atoms with Gasteiger partial charge in [0.05, 0.1) is 19.9 Å². The largest absolute Gasteiger partial charge is 0.497 e. The minimum Gasteiger partial charge on any atom is -0.497 e. The Balaban J connectivity index is 1.61. The normalized spacial score (nSPS) is 16.6. The number of hydrogen-bond donors (Lipinski definition) is 2. The van der Waals surface area contributed by atoms with E-state index in [0.29, 0.717) is 12.0 Å². The van der Waals surface area contributed by atoms with Crippen LogP contribution in [-0.4, -0.2) is 30.2 Å². The Hall–Kier alpha value is -2.50. The van der Waals surface area contributed by atoms with E-state index in [0.717, 1.165) is 34.6 Å². The van der Waals surface area contributed by atoms with Gasteiger partial charge in [0.1, 0.15) is 17.3 Å². The first-order chi connectivity index (χ1) is 11.7. The second-order valence-electron chi connectivity index (χ2n) is 6.42. The number of nitrogens with one attached hydrogen (secondary N) is 2. The van der Waals surface area contributed by atoms with Gasteiger partial charge in [-0.25, -0.2) is 4.98 Å². The van der Waals surface area contributed by atoms with Gasteiger partial charge in [-0.05, 0) is 25.7 Å². The van der Waals surface area contributed by atoms with Crippen LogP contribution in [0.25, 0.3) is 0 Å². The average Bonchev–Trinajstić information content (AvgIpc) is 3.47. The summed E-state index contributed by atoms with van der Waals surface area (Å²) >= 11 is 0. The zero-order valence-corrected chi connectivity index (χ0v) is 14.0. The summed E-state index contributed by atoms with van der Waals surface area (Å²) < 4.78 is 10.7. The van der Waals surface area contributed by atoms with Crippen LogP contribution in [0.15, 0.2) is 24.3 Å². The SMILES string of the molecule is COc1cc(Nc2cc(C3CC3)nc(NC3CC3)n2)cc(OC)c1. The summed E-state index contributed by atoms with van der Waals surface area (Å²) in [4.78, 5) is 9.29. The summed E-state index contributed by atoms with van der Waals surface area (Å²) in [6.07, 6.45) is 4.83. The molecule has 2 aliphatic rings. The lowest BCUT2D eigenvalue weighted by atomic mass is 10.2. The maximum absolute atomic E-state index is 5.33. The summed E-state index contributed by atoms with van der Waals surface area (Å²) in [5.41, 5.74) is 1.99. The molecule has 0 amide bonds. The van der Waals surface area contributed by atoms with Crippen molar-refractivity contribution in [3.05, 3.63) is 30.0 Å². The van der Waals surface area contributed by atoms with Crippen molar-refractivity contribution in [2.75, 3.05) is 24.9 Å². The fourth-order valence-corrected chi connectivity index (χ4v) is 2.62. The number of anilines is 3. The molecule has 2 aromatic rings. The Labute approximate surface area is 141 Å². The third kappa shape index (κ3) is 3.53. The van der Waals surface area contributed by atoms with Crippen molar-refractivity contribution in [1.29, 1.82) is 0 Å². The Morgan fingerprint density at radius 1 is 0.917 bits per heavy atom. The van der Waals surface area contributed by atoms with Gasteiger partial charge in [0.25, 0.3) is 0 Å². The first-order valence-electron chi connectivity index (χ1n) is 8.39. The lowest BCUT2D eigenvalue weighted by molar-refractivity contribution is 0.395. The molecular weight excluding hydrogens is 304 g/mol. The summed E-state index contributed by atoms with van der Waals surface area (Å²) in [5, 5.41) is 6.76. The Morgan fingerprint density at radius 3 is 2.21 bits per heavy atom. The molecule has 24 heavy (non-hydrogen) atoms. The number of ether oxygens (including phenoxy) is 2. The average molecular weight is 326 g/mol. The van der Waals surface area contributed by atoms with Gasteiger partial charge >= 0.3 is 0 Å². The van der Waals surface area contributed by atoms with Crippen LogP contribution < -0.4 is 20.1 Å². The molecule has 0 spiro atoms. The fourth-order valence-electron chi connectivity index (χ4n) is 2.62. The molecule has 0 unspecified atom stereocenters. The molecule has 4 rings (SSSR count). The van der Waals surface area contributed by atoms with E-state index in [4.69, 9.17) is 9.47 Å². The third-order valence-electron chi connectivity index (χ3n) is 4.28. The van der Waals surface area contributed by atoms with Crippen molar-refractivity contribution in [3.8, 4) is 11.5 Å². The van der Waals surface area contributed by atoms with Crippen LogP contribution in [0, 0.1) is 0 Å². The highest BCUT2D eigenvalue weighted by molar-refractivity contribution is 5.62.